The first kappa shape index (κ1) is 23.9. The number of amides is 3. The third-order valence-corrected chi connectivity index (χ3v) is 6.78. The van der Waals surface area contributed by atoms with Gasteiger partial charge in [-0.1, -0.05) is 36.4 Å². The number of hydrogen-bond donors (Lipinski definition) is 1. The summed E-state index contributed by atoms with van der Waals surface area (Å²) in [5.41, 5.74) is 0.559. The maximum absolute atomic E-state index is 15.0. The first-order valence-corrected chi connectivity index (χ1v) is 11.5. The van der Waals surface area contributed by atoms with Crippen LogP contribution in [0.3, 0.4) is 0 Å². The molecule has 2 aliphatic rings. The molecule has 2 aromatic carbocycles. The van der Waals surface area contributed by atoms with Gasteiger partial charge in [0.25, 0.3) is 5.91 Å². The molecule has 0 aromatic heterocycles. The molecule has 0 unspecified atom stereocenters. The highest BCUT2D eigenvalue weighted by molar-refractivity contribution is 6.34. The number of halogens is 2. The van der Waals surface area contributed by atoms with Gasteiger partial charge in [-0.25, -0.2) is 8.78 Å². The van der Waals surface area contributed by atoms with E-state index in [1.165, 1.54) is 36.0 Å². The van der Waals surface area contributed by atoms with Crippen molar-refractivity contribution in [2.24, 2.45) is 0 Å². The van der Waals surface area contributed by atoms with Crippen LogP contribution in [0.5, 0.6) is 0 Å². The van der Waals surface area contributed by atoms with Crippen LogP contribution in [0.4, 0.5) is 8.78 Å². The summed E-state index contributed by atoms with van der Waals surface area (Å²) >= 11 is 0. The second-order valence-electron chi connectivity index (χ2n) is 9.37. The van der Waals surface area contributed by atoms with Gasteiger partial charge in [0.05, 0.1) is 12.1 Å². The fraction of sp³-hybridized carbons (Fsp3) is 0.423. The Balaban J connectivity index is 1.59. The van der Waals surface area contributed by atoms with Crippen molar-refractivity contribution in [2.75, 3.05) is 20.6 Å². The Kier molecular flexibility index (Phi) is 6.68. The first-order chi connectivity index (χ1) is 16.2. The number of nitrogens with one attached hydrogen (secondary N) is 1. The SMILES string of the molecule is CN(C)C(=O)C(=O)N[C@H]1CCN(C(=O)C2(F)CCC2)[C@H]1Cc1cccc(-c2cccc(F)c2)c1. The van der Waals surface area contributed by atoms with Crippen molar-refractivity contribution < 1.29 is 23.2 Å². The van der Waals surface area contributed by atoms with Crippen LogP contribution in [-0.4, -0.2) is 65.9 Å². The summed E-state index contributed by atoms with van der Waals surface area (Å²) in [6.45, 7) is 0.305. The van der Waals surface area contributed by atoms with E-state index in [-0.39, 0.29) is 18.7 Å². The number of alkyl halides is 1. The number of carbonyl (C=O) groups excluding carboxylic acids is 3. The summed E-state index contributed by atoms with van der Waals surface area (Å²) in [5.74, 6) is -2.31. The summed E-state index contributed by atoms with van der Waals surface area (Å²) in [7, 11) is 2.98. The maximum atomic E-state index is 15.0. The van der Waals surface area contributed by atoms with Gasteiger partial charge in [0.15, 0.2) is 5.67 Å². The molecule has 0 spiro atoms. The number of hydrogen-bond acceptors (Lipinski definition) is 3. The molecular formula is C26H29F2N3O3. The predicted octanol–water partition coefficient (Wildman–Crippen LogP) is 3.10. The Morgan fingerprint density at radius 1 is 1.09 bits per heavy atom. The average molecular weight is 470 g/mol. The van der Waals surface area contributed by atoms with Crippen LogP contribution in [0.25, 0.3) is 11.1 Å². The number of likely N-dealkylation sites (tertiary alicyclic amines) is 1. The van der Waals surface area contributed by atoms with Gasteiger partial charge in [-0.15, -0.1) is 0 Å². The summed E-state index contributed by atoms with van der Waals surface area (Å²) in [5, 5.41) is 2.76. The molecule has 1 aliphatic carbocycles. The van der Waals surface area contributed by atoms with Gasteiger partial charge in [-0.3, -0.25) is 14.4 Å². The minimum absolute atomic E-state index is 0.209. The van der Waals surface area contributed by atoms with Crippen LogP contribution < -0.4 is 5.32 Å². The lowest BCUT2D eigenvalue weighted by atomic mass is 9.80. The van der Waals surface area contributed by atoms with Crippen molar-refractivity contribution in [1.82, 2.24) is 15.1 Å². The molecule has 8 heteroatoms. The molecule has 0 bridgehead atoms. The van der Waals surface area contributed by atoms with Crippen LogP contribution >= 0.6 is 0 Å². The third kappa shape index (κ3) is 4.81. The number of likely N-dealkylation sites (N-methyl/N-ethyl adjacent to an activating group) is 1. The molecule has 0 radical (unpaired) electrons. The van der Waals surface area contributed by atoms with E-state index in [9.17, 15) is 18.8 Å². The molecule has 2 fully saturated rings. The van der Waals surface area contributed by atoms with Crippen molar-refractivity contribution in [1.29, 1.82) is 0 Å². The Morgan fingerprint density at radius 2 is 1.76 bits per heavy atom. The number of rotatable bonds is 5. The normalized spacial score (nSPS) is 21.0. The Bertz CT molecular complexity index is 1100. The molecule has 34 heavy (non-hydrogen) atoms. The lowest BCUT2D eigenvalue weighted by molar-refractivity contribution is -0.151. The van der Waals surface area contributed by atoms with Crippen molar-refractivity contribution in [3.8, 4) is 11.1 Å². The summed E-state index contributed by atoms with van der Waals surface area (Å²) in [6.07, 6.45) is 1.89. The zero-order valence-electron chi connectivity index (χ0n) is 19.4. The molecule has 1 saturated heterocycles. The molecule has 2 atom stereocenters. The van der Waals surface area contributed by atoms with Crippen LogP contribution in [0, 0.1) is 5.82 Å². The van der Waals surface area contributed by atoms with Crippen molar-refractivity contribution >= 4 is 17.7 Å². The molecule has 2 aromatic rings. The summed E-state index contributed by atoms with van der Waals surface area (Å²) < 4.78 is 28.8. The minimum Gasteiger partial charge on any atom is -0.343 e. The standard InChI is InChI=1S/C26H29F2N3O3/c1-30(2)24(33)23(32)29-21-10-13-31(25(34)26(28)11-5-12-26)22(21)15-17-6-3-7-18(14-17)19-8-4-9-20(27)16-19/h3-4,6-9,14,16,21-22H,5,10-13,15H2,1-2H3,(H,29,32)/t21-,22-/m0/s1. The lowest BCUT2D eigenvalue weighted by Crippen LogP contribution is -2.56. The van der Waals surface area contributed by atoms with E-state index in [0.717, 1.165) is 16.7 Å². The smallest absolute Gasteiger partial charge is 0.311 e. The topological polar surface area (TPSA) is 69.7 Å². The van der Waals surface area contributed by atoms with E-state index in [4.69, 9.17) is 0 Å². The fourth-order valence-electron chi connectivity index (χ4n) is 4.71. The van der Waals surface area contributed by atoms with Gasteiger partial charge in [0.2, 0.25) is 0 Å². The molecular weight excluding hydrogens is 440 g/mol. The summed E-state index contributed by atoms with van der Waals surface area (Å²) in [6, 6.07) is 12.8. The highest BCUT2D eigenvalue weighted by atomic mass is 19.1. The maximum Gasteiger partial charge on any atom is 0.311 e. The monoisotopic (exact) mass is 469 g/mol. The highest BCUT2D eigenvalue weighted by Crippen LogP contribution is 2.39. The van der Waals surface area contributed by atoms with Crippen LogP contribution in [0.1, 0.15) is 31.2 Å². The molecule has 1 N–H and O–H groups in total. The van der Waals surface area contributed by atoms with Crippen LogP contribution in [0.15, 0.2) is 48.5 Å². The lowest BCUT2D eigenvalue weighted by Gasteiger charge is -2.38. The van der Waals surface area contributed by atoms with Gasteiger partial charge < -0.3 is 15.1 Å². The average Bonchev–Trinajstić information content (AvgIpc) is 3.18. The predicted molar refractivity (Wildman–Crippen MR) is 124 cm³/mol. The molecule has 1 aliphatic heterocycles. The molecule has 6 nitrogen and oxygen atoms in total. The number of carbonyl (C=O) groups is 3. The van der Waals surface area contributed by atoms with Gasteiger partial charge >= 0.3 is 11.8 Å². The van der Waals surface area contributed by atoms with Crippen molar-refractivity contribution in [3.05, 3.63) is 59.9 Å². The fourth-order valence-corrected chi connectivity index (χ4v) is 4.71. The van der Waals surface area contributed by atoms with E-state index < -0.39 is 35.5 Å². The van der Waals surface area contributed by atoms with E-state index in [1.54, 1.807) is 6.07 Å². The first-order valence-electron chi connectivity index (χ1n) is 11.5. The zero-order valence-corrected chi connectivity index (χ0v) is 19.4. The summed E-state index contributed by atoms with van der Waals surface area (Å²) in [4.78, 5) is 40.3. The molecule has 1 saturated carbocycles. The Hall–Kier alpha value is -3.29. The van der Waals surface area contributed by atoms with Gasteiger partial charge in [0.1, 0.15) is 5.82 Å². The van der Waals surface area contributed by atoms with Crippen molar-refractivity contribution in [3.63, 3.8) is 0 Å². The second kappa shape index (κ2) is 9.52. The van der Waals surface area contributed by atoms with E-state index >= 15 is 4.39 Å². The van der Waals surface area contributed by atoms with Gasteiger partial charge in [-0.05, 0) is 60.9 Å². The molecule has 180 valence electrons. The molecule has 4 rings (SSSR count). The number of benzene rings is 2. The number of nitrogens with zero attached hydrogens (tertiary/aromatic N) is 2. The van der Waals surface area contributed by atoms with Crippen molar-refractivity contribution in [2.45, 2.75) is 49.9 Å². The Morgan fingerprint density at radius 3 is 2.38 bits per heavy atom. The Labute approximate surface area is 197 Å². The van der Waals surface area contributed by atoms with Gasteiger partial charge in [0, 0.05) is 20.6 Å². The zero-order chi connectivity index (χ0) is 24.5. The second-order valence-corrected chi connectivity index (χ2v) is 9.37. The van der Waals surface area contributed by atoms with E-state index in [1.807, 2.05) is 30.3 Å². The quantitative estimate of drug-likeness (QED) is 0.685. The molecule has 1 heterocycles. The van der Waals surface area contributed by atoms with E-state index in [0.29, 0.717) is 25.8 Å². The van der Waals surface area contributed by atoms with E-state index in [2.05, 4.69) is 5.32 Å². The highest BCUT2D eigenvalue weighted by Gasteiger charge is 2.51. The third-order valence-electron chi connectivity index (χ3n) is 6.78. The largest absolute Gasteiger partial charge is 0.343 e. The molecule has 3 amide bonds. The van der Waals surface area contributed by atoms with Gasteiger partial charge in [-0.2, -0.15) is 0 Å². The minimum atomic E-state index is -1.85. The van der Waals surface area contributed by atoms with Crippen LogP contribution in [0.2, 0.25) is 0 Å². The van der Waals surface area contributed by atoms with Crippen LogP contribution in [-0.2, 0) is 20.8 Å².